The van der Waals surface area contributed by atoms with E-state index in [-0.39, 0.29) is 37.9 Å². The number of carbonyl (C=O) groups excluding carboxylic acids is 1. The summed E-state index contributed by atoms with van der Waals surface area (Å²) in [4.78, 5) is 22.5. The molecule has 2 N–H and O–H groups in total. The van der Waals surface area contributed by atoms with E-state index in [0.717, 1.165) is 16.5 Å². The lowest BCUT2D eigenvalue weighted by atomic mass is 10.1. The number of carboxylic acid groups (broad SMARTS) is 1. The monoisotopic (exact) mass is 395 g/mol. The summed E-state index contributed by atoms with van der Waals surface area (Å²) >= 11 is 0. The summed E-state index contributed by atoms with van der Waals surface area (Å²) in [5, 5.41) is 14.0. The number of hydrogen-bond donors (Lipinski definition) is 2. The van der Waals surface area contributed by atoms with E-state index in [9.17, 15) is 9.59 Å². The van der Waals surface area contributed by atoms with E-state index in [4.69, 9.17) is 14.6 Å². The van der Waals surface area contributed by atoms with Gasteiger partial charge in [0.05, 0.1) is 12.8 Å². The Hall–Kier alpha value is -2.31. The smallest absolute Gasteiger partial charge is 0.306 e. The molecule has 0 aliphatic carbocycles. The number of esters is 1. The second kappa shape index (κ2) is 11.4. The molecule has 1 atom stereocenters. The van der Waals surface area contributed by atoms with Crippen LogP contribution in [-0.2, 0) is 14.3 Å². The van der Waals surface area contributed by atoms with E-state index in [1.54, 1.807) is 0 Å². The van der Waals surface area contributed by atoms with Crippen molar-refractivity contribution in [1.82, 2.24) is 5.32 Å². The fourth-order valence-corrected chi connectivity index (χ4v) is 2.46. The van der Waals surface area contributed by atoms with Gasteiger partial charge < -0.3 is 19.9 Å². The molecule has 0 heterocycles. The summed E-state index contributed by atoms with van der Waals surface area (Å²) in [6, 6.07) is 13.9. The minimum atomic E-state index is -1.02. The van der Waals surface area contributed by atoms with Crippen molar-refractivity contribution < 1.29 is 24.2 Å². The predicted molar refractivity (Wildman–Crippen MR) is 107 cm³/mol. The van der Waals surface area contributed by atoms with Crippen LogP contribution in [0.1, 0.15) is 26.7 Å². The number of benzene rings is 2. The van der Waals surface area contributed by atoms with Crippen molar-refractivity contribution in [2.45, 2.75) is 38.8 Å². The lowest BCUT2D eigenvalue weighted by Crippen LogP contribution is -2.38. The van der Waals surface area contributed by atoms with Crippen molar-refractivity contribution in [2.24, 2.45) is 0 Å². The first-order valence-electron chi connectivity index (χ1n) is 8.71. The number of ether oxygens (including phenoxy) is 2. The maximum atomic E-state index is 11.9. The molecule has 7 heteroatoms. The summed E-state index contributed by atoms with van der Waals surface area (Å²) in [7, 11) is 0. The topological polar surface area (TPSA) is 84.9 Å². The third-order valence-corrected chi connectivity index (χ3v) is 3.77. The van der Waals surface area contributed by atoms with Crippen LogP contribution in [-0.4, -0.2) is 42.3 Å². The summed E-state index contributed by atoms with van der Waals surface area (Å²) in [5.41, 5.74) is 0. The van der Waals surface area contributed by atoms with E-state index < -0.39 is 18.0 Å². The first-order valence-corrected chi connectivity index (χ1v) is 8.71. The van der Waals surface area contributed by atoms with Gasteiger partial charge in [-0.1, -0.05) is 50.2 Å². The van der Waals surface area contributed by atoms with Crippen LogP contribution in [0.25, 0.3) is 10.8 Å². The molecule has 0 aliphatic heterocycles. The molecular formula is C20H26ClNO5. The summed E-state index contributed by atoms with van der Waals surface area (Å²) in [6.07, 6.45) is -0.896. The van der Waals surface area contributed by atoms with Crippen LogP contribution in [0, 0.1) is 0 Å². The number of carbonyl (C=O) groups is 2. The average Bonchev–Trinajstić information content (AvgIpc) is 2.62. The van der Waals surface area contributed by atoms with Crippen LogP contribution in [0.5, 0.6) is 5.75 Å². The van der Waals surface area contributed by atoms with Gasteiger partial charge in [-0.25, -0.2) is 0 Å². The summed E-state index contributed by atoms with van der Waals surface area (Å²) in [5.74, 6) is -0.838. The lowest BCUT2D eigenvalue weighted by Gasteiger charge is -2.21. The summed E-state index contributed by atoms with van der Waals surface area (Å²) in [6.45, 7) is 4.61. The number of halogens is 1. The number of hydrogen-bond acceptors (Lipinski definition) is 5. The zero-order chi connectivity index (χ0) is 18.9. The molecule has 0 spiro atoms. The average molecular weight is 396 g/mol. The standard InChI is InChI=1S/C20H25NO5.ClH/c1-14(2)21-12-16(26-20(24)11-10-19(22)23)13-25-18-9-5-7-15-6-3-4-8-17(15)18;/h3-9,14,16,21H,10-13H2,1-2H3,(H,22,23);1H. The van der Waals surface area contributed by atoms with E-state index in [1.807, 2.05) is 56.3 Å². The van der Waals surface area contributed by atoms with E-state index in [2.05, 4.69) is 5.32 Å². The highest BCUT2D eigenvalue weighted by atomic mass is 35.5. The van der Waals surface area contributed by atoms with Gasteiger partial charge >= 0.3 is 11.9 Å². The molecule has 0 amide bonds. The van der Waals surface area contributed by atoms with Crippen LogP contribution >= 0.6 is 12.4 Å². The van der Waals surface area contributed by atoms with Gasteiger partial charge in [-0.05, 0) is 11.5 Å². The summed E-state index contributed by atoms with van der Waals surface area (Å²) < 4.78 is 11.3. The van der Waals surface area contributed by atoms with Crippen LogP contribution < -0.4 is 10.1 Å². The van der Waals surface area contributed by atoms with Gasteiger partial charge in [-0.3, -0.25) is 9.59 Å². The van der Waals surface area contributed by atoms with Crippen molar-refractivity contribution in [3.05, 3.63) is 42.5 Å². The molecule has 1 unspecified atom stereocenters. The molecule has 0 saturated heterocycles. The van der Waals surface area contributed by atoms with Crippen molar-refractivity contribution in [1.29, 1.82) is 0 Å². The van der Waals surface area contributed by atoms with Crippen LogP contribution in [0.4, 0.5) is 0 Å². The highest BCUT2D eigenvalue weighted by Crippen LogP contribution is 2.25. The Labute approximate surface area is 165 Å². The first kappa shape index (κ1) is 22.7. The maximum absolute atomic E-state index is 11.9. The molecule has 0 aromatic heterocycles. The molecule has 0 bridgehead atoms. The van der Waals surface area contributed by atoms with Gasteiger partial charge in [0.25, 0.3) is 0 Å². The zero-order valence-electron chi connectivity index (χ0n) is 15.5. The maximum Gasteiger partial charge on any atom is 0.306 e. The number of rotatable bonds is 10. The van der Waals surface area contributed by atoms with Crippen molar-refractivity contribution in [3.8, 4) is 5.75 Å². The fourth-order valence-electron chi connectivity index (χ4n) is 2.46. The van der Waals surface area contributed by atoms with Crippen molar-refractivity contribution >= 4 is 35.1 Å². The van der Waals surface area contributed by atoms with Crippen molar-refractivity contribution in [3.63, 3.8) is 0 Å². The van der Waals surface area contributed by atoms with Crippen molar-refractivity contribution in [2.75, 3.05) is 13.2 Å². The molecule has 2 aromatic rings. The van der Waals surface area contributed by atoms with Gasteiger partial charge in [0.2, 0.25) is 0 Å². The largest absolute Gasteiger partial charge is 0.489 e. The SMILES string of the molecule is CC(C)NCC(COc1cccc2ccccc12)OC(=O)CCC(=O)O.Cl. The molecular weight excluding hydrogens is 370 g/mol. The molecule has 2 rings (SSSR count). The Balaban J connectivity index is 0.00000364. The van der Waals surface area contributed by atoms with Gasteiger partial charge in [0.1, 0.15) is 18.5 Å². The second-order valence-electron chi connectivity index (χ2n) is 6.36. The Morgan fingerprint density at radius 2 is 1.78 bits per heavy atom. The van der Waals surface area contributed by atoms with Gasteiger partial charge in [-0.2, -0.15) is 0 Å². The Kier molecular flexibility index (Phi) is 9.61. The van der Waals surface area contributed by atoms with E-state index in [1.165, 1.54) is 0 Å². The number of nitrogens with one attached hydrogen (secondary N) is 1. The third kappa shape index (κ3) is 7.85. The molecule has 0 fully saturated rings. The highest BCUT2D eigenvalue weighted by molar-refractivity contribution is 5.88. The predicted octanol–water partition coefficient (Wildman–Crippen LogP) is 3.42. The number of carboxylic acids is 1. The van der Waals surface area contributed by atoms with E-state index >= 15 is 0 Å². The Morgan fingerprint density at radius 1 is 1.07 bits per heavy atom. The Morgan fingerprint density at radius 3 is 2.48 bits per heavy atom. The molecule has 2 aromatic carbocycles. The third-order valence-electron chi connectivity index (χ3n) is 3.77. The number of aliphatic carboxylic acids is 1. The Bertz CT molecular complexity index is 745. The molecule has 6 nitrogen and oxygen atoms in total. The van der Waals surface area contributed by atoms with Crippen LogP contribution in [0.2, 0.25) is 0 Å². The fraction of sp³-hybridized carbons (Fsp3) is 0.400. The van der Waals surface area contributed by atoms with Crippen LogP contribution in [0.15, 0.2) is 42.5 Å². The lowest BCUT2D eigenvalue weighted by molar-refractivity contribution is -0.153. The molecule has 0 aliphatic rings. The normalized spacial score (nSPS) is 11.7. The minimum Gasteiger partial charge on any atom is -0.489 e. The van der Waals surface area contributed by atoms with Gasteiger partial charge in [-0.15, -0.1) is 12.4 Å². The van der Waals surface area contributed by atoms with Crippen LogP contribution in [0.3, 0.4) is 0 Å². The molecule has 0 radical (unpaired) electrons. The highest BCUT2D eigenvalue weighted by Gasteiger charge is 2.17. The minimum absolute atomic E-state index is 0. The first-order chi connectivity index (χ1) is 12.5. The molecule has 148 valence electrons. The molecule has 27 heavy (non-hydrogen) atoms. The quantitative estimate of drug-likeness (QED) is 0.599. The number of fused-ring (bicyclic) bond motifs is 1. The zero-order valence-corrected chi connectivity index (χ0v) is 16.3. The van der Waals surface area contributed by atoms with Gasteiger partial charge in [0.15, 0.2) is 0 Å². The van der Waals surface area contributed by atoms with E-state index in [0.29, 0.717) is 6.54 Å². The van der Waals surface area contributed by atoms with Gasteiger partial charge in [0, 0.05) is 18.0 Å². The molecule has 0 saturated carbocycles. The second-order valence-corrected chi connectivity index (χ2v) is 6.36.